The van der Waals surface area contributed by atoms with E-state index in [9.17, 15) is 4.57 Å². The van der Waals surface area contributed by atoms with Crippen LogP contribution in [0.3, 0.4) is 0 Å². The first-order valence-corrected chi connectivity index (χ1v) is 11.3. The summed E-state index contributed by atoms with van der Waals surface area (Å²) in [5.41, 5.74) is 8.15. The van der Waals surface area contributed by atoms with Crippen molar-refractivity contribution >= 4 is 42.9 Å². The van der Waals surface area contributed by atoms with Crippen LogP contribution < -0.4 is 15.9 Å². The van der Waals surface area contributed by atoms with E-state index >= 15 is 0 Å². The first-order valence-electron chi connectivity index (χ1n) is 9.25. The highest BCUT2D eigenvalue weighted by molar-refractivity contribution is 7.34. The van der Waals surface area contributed by atoms with E-state index in [4.69, 9.17) is 0 Å². The Kier molecular flexibility index (Phi) is 10.8. The van der Waals surface area contributed by atoms with Gasteiger partial charge in [0.05, 0.1) is 0 Å². The summed E-state index contributed by atoms with van der Waals surface area (Å²) in [4.78, 5) is 0. The lowest BCUT2D eigenvalue weighted by Gasteiger charge is -2.04. The fourth-order valence-corrected chi connectivity index (χ4v) is 3.55. The summed E-state index contributed by atoms with van der Waals surface area (Å²) >= 11 is 0. The van der Waals surface area contributed by atoms with Crippen LogP contribution in [0.1, 0.15) is 33.4 Å². The number of hydrogen-bond acceptors (Lipinski definition) is 1. The molecule has 3 unspecified atom stereocenters. The van der Waals surface area contributed by atoms with Gasteiger partial charge in [-0.3, -0.25) is 0 Å². The summed E-state index contributed by atoms with van der Waals surface area (Å²) in [5.74, 6) is 0. The van der Waals surface area contributed by atoms with Crippen molar-refractivity contribution in [2.75, 3.05) is 0 Å². The predicted molar refractivity (Wildman–Crippen MR) is 135 cm³/mol. The molecule has 28 heavy (non-hydrogen) atoms. The van der Waals surface area contributed by atoms with E-state index in [0.29, 0.717) is 0 Å². The second kappa shape index (κ2) is 12.2. The van der Waals surface area contributed by atoms with Gasteiger partial charge < -0.3 is 0 Å². The number of benzene rings is 3. The molecule has 0 heterocycles. The van der Waals surface area contributed by atoms with Crippen molar-refractivity contribution < 1.29 is 4.57 Å². The summed E-state index contributed by atoms with van der Waals surface area (Å²) in [6.45, 7) is 12.8. The maximum Gasteiger partial charge on any atom is 0.363 e. The van der Waals surface area contributed by atoms with Gasteiger partial charge in [-0.05, 0) is 86.5 Å². The average Bonchev–Trinajstić information content (AvgIpc) is 2.65. The highest BCUT2D eigenvalue weighted by atomic mass is 31.1. The SMILES string of the molecule is Cc1cc(C)c(P)c(C)c1.Cc1cc(C)c(P)c(C)c1.O=[PH+]c1ccccc1. The second-order valence-corrected chi connectivity index (χ2v) is 9.03. The van der Waals surface area contributed by atoms with Crippen LogP contribution in [-0.2, 0) is 4.57 Å². The minimum Gasteiger partial charge on any atom is -0.105 e. The Hall–Kier alpha value is -1.38. The normalized spacial score (nSPS) is 9.86. The summed E-state index contributed by atoms with van der Waals surface area (Å²) in [6.07, 6.45) is 0. The van der Waals surface area contributed by atoms with Crippen LogP contribution in [0, 0.1) is 41.5 Å². The smallest absolute Gasteiger partial charge is 0.105 e. The molecule has 0 aliphatic heterocycles. The maximum absolute atomic E-state index is 10.2. The Labute approximate surface area is 177 Å². The van der Waals surface area contributed by atoms with Crippen LogP contribution in [0.2, 0.25) is 0 Å². The zero-order valence-electron chi connectivity index (χ0n) is 17.8. The highest BCUT2D eigenvalue weighted by Crippen LogP contribution is 2.09. The van der Waals surface area contributed by atoms with E-state index in [1.807, 2.05) is 30.3 Å². The third-order valence-corrected chi connectivity index (χ3v) is 6.76. The molecule has 4 heteroatoms. The van der Waals surface area contributed by atoms with Crippen molar-refractivity contribution in [1.29, 1.82) is 0 Å². The molecule has 3 rings (SSSR count). The average molecular weight is 429 g/mol. The summed E-state index contributed by atoms with van der Waals surface area (Å²) < 4.78 is 10.2. The van der Waals surface area contributed by atoms with Gasteiger partial charge in [-0.2, -0.15) is 0 Å². The zero-order chi connectivity index (χ0) is 21.3. The number of hydrogen-bond donors (Lipinski definition) is 0. The Balaban J connectivity index is 0.000000212. The Bertz CT molecular complexity index is 817. The van der Waals surface area contributed by atoms with Crippen LogP contribution in [0.25, 0.3) is 0 Å². The summed E-state index contributed by atoms with van der Waals surface area (Å²) in [6, 6.07) is 18.1. The van der Waals surface area contributed by atoms with Crippen LogP contribution >= 0.6 is 26.9 Å². The van der Waals surface area contributed by atoms with Crippen molar-refractivity contribution in [2.45, 2.75) is 41.5 Å². The molecule has 0 aliphatic rings. The van der Waals surface area contributed by atoms with Gasteiger partial charge in [0.1, 0.15) is 0 Å². The Morgan fingerprint density at radius 3 is 1.18 bits per heavy atom. The molecule has 0 aromatic heterocycles. The third kappa shape index (κ3) is 8.32. The Morgan fingerprint density at radius 2 is 0.929 bits per heavy atom. The van der Waals surface area contributed by atoms with Crippen molar-refractivity contribution in [3.63, 3.8) is 0 Å². The standard InChI is InChI=1S/2C9H13P.C6H5OP/c2*1-6-4-7(2)9(10)8(3)5-6;7-8-6-4-2-1-3-5-6/h2*4-5H,10H2,1-3H3;1-5H/p+1. The van der Waals surface area contributed by atoms with E-state index in [-0.39, 0.29) is 8.46 Å². The van der Waals surface area contributed by atoms with E-state index < -0.39 is 0 Å². The molecule has 3 aromatic carbocycles. The van der Waals surface area contributed by atoms with Gasteiger partial charge in [-0.15, -0.1) is 18.5 Å². The largest absolute Gasteiger partial charge is 0.363 e. The summed E-state index contributed by atoms with van der Waals surface area (Å²) in [7, 11) is 5.21. The molecule has 148 valence electrons. The van der Waals surface area contributed by atoms with Crippen molar-refractivity contribution in [3.8, 4) is 0 Å². The fourth-order valence-electron chi connectivity index (χ4n) is 2.89. The molecule has 3 atom stereocenters. The molecular weight excluding hydrogens is 397 g/mol. The predicted octanol–water partition coefficient (Wildman–Crippen LogP) is 5.56. The lowest BCUT2D eigenvalue weighted by Crippen LogP contribution is -2.01. The van der Waals surface area contributed by atoms with E-state index in [1.165, 1.54) is 44.0 Å². The fraction of sp³-hybridized carbons (Fsp3) is 0.250. The zero-order valence-corrected chi connectivity index (χ0v) is 21.1. The molecule has 0 N–H and O–H groups in total. The van der Waals surface area contributed by atoms with E-state index in [2.05, 4.69) is 84.3 Å². The lowest BCUT2D eigenvalue weighted by atomic mass is 10.1. The van der Waals surface area contributed by atoms with Gasteiger partial charge in [0.2, 0.25) is 0 Å². The lowest BCUT2D eigenvalue weighted by molar-refractivity contribution is 0.603. The van der Waals surface area contributed by atoms with Gasteiger partial charge >= 0.3 is 8.46 Å². The molecule has 0 fully saturated rings. The summed E-state index contributed by atoms with van der Waals surface area (Å²) in [5, 5.41) is 3.56. The topological polar surface area (TPSA) is 17.1 Å². The molecule has 0 radical (unpaired) electrons. The van der Waals surface area contributed by atoms with E-state index in [1.54, 1.807) is 0 Å². The molecule has 3 aromatic rings. The van der Waals surface area contributed by atoms with Crippen molar-refractivity contribution in [3.05, 3.63) is 88.0 Å². The van der Waals surface area contributed by atoms with Crippen LogP contribution in [0.15, 0.2) is 54.6 Å². The van der Waals surface area contributed by atoms with Gasteiger partial charge in [0.15, 0.2) is 5.30 Å². The second-order valence-electron chi connectivity index (χ2n) is 7.09. The first-order chi connectivity index (χ1) is 13.1. The van der Waals surface area contributed by atoms with Gasteiger partial charge in [-0.1, -0.05) is 58.2 Å². The number of aryl methyl sites for hydroxylation is 6. The molecule has 1 nitrogen and oxygen atoms in total. The minimum absolute atomic E-state index is 0.320. The van der Waals surface area contributed by atoms with Gasteiger partial charge in [0.25, 0.3) is 0 Å². The molecule has 0 saturated heterocycles. The quantitative estimate of drug-likeness (QED) is 0.463. The molecule has 0 bridgehead atoms. The molecule has 0 amide bonds. The molecule has 0 saturated carbocycles. The van der Waals surface area contributed by atoms with Crippen LogP contribution in [0.4, 0.5) is 0 Å². The van der Waals surface area contributed by atoms with Crippen molar-refractivity contribution in [1.82, 2.24) is 0 Å². The monoisotopic (exact) mass is 429 g/mol. The van der Waals surface area contributed by atoms with Gasteiger partial charge in [0, 0.05) is 0 Å². The van der Waals surface area contributed by atoms with Crippen LogP contribution in [0.5, 0.6) is 0 Å². The minimum atomic E-state index is -0.320. The molecule has 0 aliphatic carbocycles. The molecular formula is C24H32OP3+. The van der Waals surface area contributed by atoms with E-state index in [0.717, 1.165) is 5.30 Å². The first kappa shape index (κ1) is 24.7. The van der Waals surface area contributed by atoms with Crippen LogP contribution in [-0.4, -0.2) is 0 Å². The van der Waals surface area contributed by atoms with Crippen molar-refractivity contribution in [2.24, 2.45) is 0 Å². The van der Waals surface area contributed by atoms with Gasteiger partial charge in [-0.25, -0.2) is 0 Å². The maximum atomic E-state index is 10.2. The third-order valence-electron chi connectivity index (χ3n) is 4.37. The number of rotatable bonds is 1. The Morgan fingerprint density at radius 1 is 0.607 bits per heavy atom. The highest BCUT2D eigenvalue weighted by Gasteiger charge is 1.97. The molecule has 0 spiro atoms.